The molecule has 0 atom stereocenters. The number of carbonyl (C=O) groups excluding carboxylic acids is 1. The molecule has 0 unspecified atom stereocenters. The molecule has 3 heteroatoms. The predicted octanol–water partition coefficient (Wildman–Crippen LogP) is 2.38. The first kappa shape index (κ1) is 10.6. The van der Waals surface area contributed by atoms with E-state index in [1.807, 2.05) is 48.9 Å². The minimum atomic E-state index is 0.124. The molecule has 82 valence electrons. The first-order valence-corrected chi connectivity index (χ1v) is 5.25. The Bertz CT molecular complexity index is 514. The van der Waals surface area contributed by atoms with Crippen LogP contribution in [-0.4, -0.2) is 15.3 Å². The van der Waals surface area contributed by atoms with E-state index in [0.29, 0.717) is 6.54 Å². The summed E-state index contributed by atoms with van der Waals surface area (Å²) in [4.78, 5) is 16.1. The van der Waals surface area contributed by atoms with Gasteiger partial charge in [-0.15, -0.1) is 0 Å². The Morgan fingerprint density at radius 3 is 2.69 bits per heavy atom. The van der Waals surface area contributed by atoms with E-state index in [4.69, 9.17) is 0 Å². The van der Waals surface area contributed by atoms with Crippen molar-refractivity contribution in [2.45, 2.75) is 20.4 Å². The molecule has 0 aliphatic heterocycles. The van der Waals surface area contributed by atoms with E-state index in [2.05, 4.69) is 4.98 Å². The van der Waals surface area contributed by atoms with Crippen molar-refractivity contribution in [2.24, 2.45) is 0 Å². The molecule has 2 rings (SSSR count). The molecule has 2 aromatic rings. The number of aromatic nitrogens is 2. The van der Waals surface area contributed by atoms with Gasteiger partial charge < -0.3 is 4.57 Å². The van der Waals surface area contributed by atoms with Crippen molar-refractivity contribution >= 4 is 5.78 Å². The average Bonchev–Trinajstić information content (AvgIpc) is 2.65. The van der Waals surface area contributed by atoms with Crippen LogP contribution in [0.25, 0.3) is 0 Å². The van der Waals surface area contributed by atoms with Gasteiger partial charge in [0.15, 0.2) is 5.78 Å². The maximum atomic E-state index is 12.0. The van der Waals surface area contributed by atoms with Gasteiger partial charge in [0.2, 0.25) is 0 Å². The van der Waals surface area contributed by atoms with Gasteiger partial charge in [-0.3, -0.25) is 4.79 Å². The van der Waals surface area contributed by atoms with Crippen molar-refractivity contribution in [3.63, 3.8) is 0 Å². The third kappa shape index (κ3) is 2.03. The van der Waals surface area contributed by atoms with Crippen molar-refractivity contribution < 1.29 is 4.79 Å². The number of nitrogens with zero attached hydrogens (tertiary/aromatic N) is 2. The zero-order valence-corrected chi connectivity index (χ0v) is 9.47. The summed E-state index contributed by atoms with van der Waals surface area (Å²) in [6.45, 7) is 4.20. The van der Waals surface area contributed by atoms with Gasteiger partial charge in [0.1, 0.15) is 5.82 Å². The quantitative estimate of drug-likeness (QED) is 0.735. The van der Waals surface area contributed by atoms with Crippen LogP contribution in [0.1, 0.15) is 21.7 Å². The van der Waals surface area contributed by atoms with Crippen molar-refractivity contribution in [1.82, 2.24) is 9.55 Å². The molecular formula is C13H14N2O. The fraction of sp³-hybridized carbons (Fsp3) is 0.231. The summed E-state index contributed by atoms with van der Waals surface area (Å²) >= 11 is 0. The first-order chi connectivity index (χ1) is 7.68. The molecule has 1 heterocycles. The highest BCUT2D eigenvalue weighted by atomic mass is 16.1. The lowest BCUT2D eigenvalue weighted by Gasteiger charge is -2.06. The third-order valence-electron chi connectivity index (χ3n) is 2.68. The van der Waals surface area contributed by atoms with Crippen LogP contribution < -0.4 is 0 Å². The van der Waals surface area contributed by atoms with Crippen molar-refractivity contribution in [2.75, 3.05) is 0 Å². The van der Waals surface area contributed by atoms with Crippen molar-refractivity contribution in [3.05, 3.63) is 53.6 Å². The Morgan fingerprint density at radius 1 is 1.31 bits per heavy atom. The lowest BCUT2D eigenvalue weighted by molar-refractivity contribution is 0.0970. The Labute approximate surface area is 94.7 Å². The molecule has 0 amide bonds. The van der Waals surface area contributed by atoms with Gasteiger partial charge in [-0.05, 0) is 19.4 Å². The summed E-state index contributed by atoms with van der Waals surface area (Å²) < 4.78 is 1.86. The molecule has 0 aliphatic rings. The second-order valence-corrected chi connectivity index (χ2v) is 3.84. The molecule has 0 N–H and O–H groups in total. The van der Waals surface area contributed by atoms with Gasteiger partial charge in [-0.2, -0.15) is 0 Å². The van der Waals surface area contributed by atoms with Crippen LogP contribution in [0.3, 0.4) is 0 Å². The third-order valence-corrected chi connectivity index (χ3v) is 2.68. The molecule has 1 aromatic heterocycles. The number of ketones is 1. The molecule has 0 saturated heterocycles. The Kier molecular flexibility index (Phi) is 2.86. The summed E-state index contributed by atoms with van der Waals surface area (Å²) in [5.41, 5.74) is 1.81. The second-order valence-electron chi connectivity index (χ2n) is 3.84. The number of benzene rings is 1. The summed E-state index contributed by atoms with van der Waals surface area (Å²) in [7, 11) is 0. The van der Waals surface area contributed by atoms with Crippen molar-refractivity contribution in [1.29, 1.82) is 0 Å². The van der Waals surface area contributed by atoms with Gasteiger partial charge >= 0.3 is 0 Å². The highest BCUT2D eigenvalue weighted by Gasteiger charge is 2.09. The highest BCUT2D eigenvalue weighted by molar-refractivity contribution is 5.97. The second kappa shape index (κ2) is 4.31. The molecule has 1 aromatic carbocycles. The predicted molar refractivity (Wildman–Crippen MR) is 62.5 cm³/mol. The topological polar surface area (TPSA) is 34.9 Å². The maximum Gasteiger partial charge on any atom is 0.182 e. The summed E-state index contributed by atoms with van der Waals surface area (Å²) in [6, 6.07) is 7.65. The Balaban J connectivity index is 2.22. The number of rotatable bonds is 3. The van der Waals surface area contributed by atoms with Crippen LogP contribution in [0.2, 0.25) is 0 Å². The fourth-order valence-corrected chi connectivity index (χ4v) is 1.70. The van der Waals surface area contributed by atoms with Gasteiger partial charge in [0.05, 0.1) is 6.54 Å². The molecule has 0 spiro atoms. The summed E-state index contributed by atoms with van der Waals surface area (Å²) in [5.74, 6) is 0.987. The van der Waals surface area contributed by atoms with E-state index < -0.39 is 0 Å². The minimum Gasteiger partial charge on any atom is -0.327 e. The highest BCUT2D eigenvalue weighted by Crippen LogP contribution is 2.09. The molecule has 3 nitrogen and oxygen atoms in total. The van der Waals surface area contributed by atoms with Crippen LogP contribution >= 0.6 is 0 Å². The van der Waals surface area contributed by atoms with Crippen LogP contribution in [0.5, 0.6) is 0 Å². The summed E-state index contributed by atoms with van der Waals surface area (Å²) in [6.07, 6.45) is 3.53. The van der Waals surface area contributed by atoms with E-state index in [-0.39, 0.29) is 5.78 Å². The molecule has 0 fully saturated rings. The molecule has 0 aliphatic carbocycles. The maximum absolute atomic E-state index is 12.0. The van der Waals surface area contributed by atoms with Gasteiger partial charge in [-0.1, -0.05) is 24.3 Å². The molecule has 0 saturated carbocycles. The number of imidazole rings is 1. The summed E-state index contributed by atoms with van der Waals surface area (Å²) in [5, 5.41) is 0. The van der Waals surface area contributed by atoms with E-state index >= 15 is 0 Å². The molecule has 16 heavy (non-hydrogen) atoms. The number of aryl methyl sites for hydroxylation is 2. The van der Waals surface area contributed by atoms with Gasteiger partial charge in [0.25, 0.3) is 0 Å². The number of Topliss-reactive ketones (excluding diaryl/α,β-unsaturated/α-hetero) is 1. The largest absolute Gasteiger partial charge is 0.327 e. The zero-order valence-electron chi connectivity index (χ0n) is 9.47. The fourth-order valence-electron chi connectivity index (χ4n) is 1.70. The number of carbonyl (C=O) groups is 1. The van der Waals surface area contributed by atoms with E-state index in [1.165, 1.54) is 0 Å². The van der Waals surface area contributed by atoms with Crippen LogP contribution in [-0.2, 0) is 6.54 Å². The SMILES string of the molecule is Cc1ccccc1C(=O)Cn1ccnc1C. The molecular weight excluding hydrogens is 200 g/mol. The lowest BCUT2D eigenvalue weighted by atomic mass is 10.1. The Morgan fingerprint density at radius 2 is 2.06 bits per heavy atom. The van der Waals surface area contributed by atoms with Gasteiger partial charge in [0, 0.05) is 18.0 Å². The Hall–Kier alpha value is -1.90. The minimum absolute atomic E-state index is 0.124. The average molecular weight is 214 g/mol. The first-order valence-electron chi connectivity index (χ1n) is 5.25. The number of hydrogen-bond acceptors (Lipinski definition) is 2. The smallest absolute Gasteiger partial charge is 0.182 e. The van der Waals surface area contributed by atoms with E-state index in [0.717, 1.165) is 17.0 Å². The van der Waals surface area contributed by atoms with E-state index in [1.54, 1.807) is 6.20 Å². The normalized spacial score (nSPS) is 10.4. The molecule has 0 bridgehead atoms. The zero-order chi connectivity index (χ0) is 11.5. The number of hydrogen-bond donors (Lipinski definition) is 0. The standard InChI is InChI=1S/C13H14N2O/c1-10-5-3-4-6-12(10)13(16)9-15-8-7-14-11(15)2/h3-8H,9H2,1-2H3. The monoisotopic (exact) mass is 214 g/mol. The van der Waals surface area contributed by atoms with Gasteiger partial charge in [-0.25, -0.2) is 4.98 Å². The van der Waals surface area contributed by atoms with Crippen molar-refractivity contribution in [3.8, 4) is 0 Å². The van der Waals surface area contributed by atoms with E-state index in [9.17, 15) is 4.79 Å². The van der Waals surface area contributed by atoms with Crippen LogP contribution in [0, 0.1) is 13.8 Å². The van der Waals surface area contributed by atoms with Crippen LogP contribution in [0.15, 0.2) is 36.7 Å². The lowest BCUT2D eigenvalue weighted by Crippen LogP contribution is -2.12. The molecule has 0 radical (unpaired) electrons. The van der Waals surface area contributed by atoms with Crippen LogP contribution in [0.4, 0.5) is 0 Å².